The first-order valence-corrected chi connectivity index (χ1v) is 9.83. The van der Waals surface area contributed by atoms with Gasteiger partial charge in [0.1, 0.15) is 0 Å². The highest BCUT2D eigenvalue weighted by molar-refractivity contribution is 6.08. The van der Waals surface area contributed by atoms with Crippen LogP contribution in [0, 0.1) is 0 Å². The van der Waals surface area contributed by atoms with Gasteiger partial charge >= 0.3 is 0 Å². The maximum absolute atomic E-state index is 12.9. The minimum atomic E-state index is -0.707. The van der Waals surface area contributed by atoms with Crippen LogP contribution in [0.3, 0.4) is 0 Å². The molecule has 2 aliphatic rings. The minimum Gasteiger partial charge on any atom is -0.374 e. The molecular weight excluding hydrogens is 382 g/mol. The number of amides is 2. The Morgan fingerprint density at radius 1 is 1.10 bits per heavy atom. The molecule has 2 atom stereocenters. The number of anilines is 2. The average Bonchev–Trinajstić information content (AvgIpc) is 3.50. The molecule has 5 rings (SSSR count). The van der Waals surface area contributed by atoms with Crippen molar-refractivity contribution in [1.82, 2.24) is 9.78 Å². The fourth-order valence-corrected chi connectivity index (χ4v) is 4.10. The van der Waals surface area contributed by atoms with Crippen molar-refractivity contribution in [2.24, 2.45) is 5.73 Å². The van der Waals surface area contributed by atoms with Crippen molar-refractivity contribution in [2.75, 3.05) is 23.4 Å². The Balaban J connectivity index is 1.40. The van der Waals surface area contributed by atoms with E-state index < -0.39 is 5.91 Å². The second kappa shape index (κ2) is 7.31. The lowest BCUT2D eigenvalue weighted by Gasteiger charge is -2.29. The van der Waals surface area contributed by atoms with E-state index in [1.807, 2.05) is 48.5 Å². The Labute approximate surface area is 173 Å². The summed E-state index contributed by atoms with van der Waals surface area (Å²) in [6, 6.07) is 17.1. The molecule has 2 bridgehead atoms. The van der Waals surface area contributed by atoms with Crippen molar-refractivity contribution in [2.45, 2.75) is 18.6 Å². The fraction of sp³-hybridized carbons (Fsp3) is 0.227. The number of rotatable bonds is 5. The van der Waals surface area contributed by atoms with Gasteiger partial charge in [0.05, 0.1) is 36.3 Å². The molecule has 2 fully saturated rings. The molecule has 2 aliphatic heterocycles. The van der Waals surface area contributed by atoms with E-state index in [9.17, 15) is 9.59 Å². The summed E-state index contributed by atoms with van der Waals surface area (Å²) in [5.74, 6) is -1.03. The number of hydrogen-bond donors (Lipinski definition) is 2. The summed E-state index contributed by atoms with van der Waals surface area (Å²) in [5, 5.41) is 7.02. The molecule has 0 spiro atoms. The standard InChI is InChI=1S/C22H21N5O3/c23-21(28)20-19(12-27(25-20)15-6-2-1-3-7-15)24-22(29)14-5-4-8-16(9-14)26-11-18-10-17(26)13-30-18/h1-9,12,17-18H,10-11,13H2,(H2,23,28)(H,24,29). The van der Waals surface area contributed by atoms with Gasteiger partial charge in [-0.1, -0.05) is 24.3 Å². The van der Waals surface area contributed by atoms with Gasteiger partial charge in [-0.3, -0.25) is 9.59 Å². The third kappa shape index (κ3) is 3.31. The molecule has 8 heteroatoms. The van der Waals surface area contributed by atoms with Gasteiger partial charge in [-0.25, -0.2) is 4.68 Å². The number of fused-ring (bicyclic) bond motifs is 2. The molecule has 2 unspecified atom stereocenters. The molecule has 3 N–H and O–H groups in total. The normalized spacial score (nSPS) is 19.8. The lowest BCUT2D eigenvalue weighted by molar-refractivity contribution is 0.0989. The molecule has 1 aromatic heterocycles. The largest absolute Gasteiger partial charge is 0.374 e. The molecule has 2 aromatic carbocycles. The third-order valence-electron chi connectivity index (χ3n) is 5.56. The van der Waals surface area contributed by atoms with Gasteiger partial charge in [-0.2, -0.15) is 5.10 Å². The summed E-state index contributed by atoms with van der Waals surface area (Å²) in [7, 11) is 0. The van der Waals surface area contributed by atoms with Gasteiger partial charge in [0.15, 0.2) is 5.69 Å². The van der Waals surface area contributed by atoms with Crippen LogP contribution >= 0.6 is 0 Å². The van der Waals surface area contributed by atoms with E-state index in [1.54, 1.807) is 12.3 Å². The average molecular weight is 403 g/mol. The van der Waals surface area contributed by atoms with E-state index in [1.165, 1.54) is 4.68 Å². The highest BCUT2D eigenvalue weighted by Crippen LogP contribution is 2.33. The Kier molecular flexibility index (Phi) is 4.48. The number of hydrogen-bond acceptors (Lipinski definition) is 5. The zero-order chi connectivity index (χ0) is 20.7. The zero-order valence-corrected chi connectivity index (χ0v) is 16.2. The highest BCUT2D eigenvalue weighted by Gasteiger charge is 2.39. The maximum atomic E-state index is 12.9. The van der Waals surface area contributed by atoms with Crippen LogP contribution in [0.25, 0.3) is 5.69 Å². The van der Waals surface area contributed by atoms with Gasteiger partial charge in [0, 0.05) is 17.8 Å². The van der Waals surface area contributed by atoms with E-state index in [2.05, 4.69) is 15.3 Å². The molecule has 0 saturated carbocycles. The van der Waals surface area contributed by atoms with Gasteiger partial charge in [-0.15, -0.1) is 0 Å². The third-order valence-corrected chi connectivity index (χ3v) is 5.56. The molecule has 0 aliphatic carbocycles. The number of carbonyl (C=O) groups excluding carboxylic acids is 2. The van der Waals surface area contributed by atoms with E-state index in [0.717, 1.165) is 30.9 Å². The number of aromatic nitrogens is 2. The van der Waals surface area contributed by atoms with Crippen molar-refractivity contribution >= 4 is 23.2 Å². The zero-order valence-electron chi connectivity index (χ0n) is 16.2. The van der Waals surface area contributed by atoms with Crippen molar-refractivity contribution in [1.29, 1.82) is 0 Å². The van der Waals surface area contributed by atoms with Gasteiger partial charge in [-0.05, 0) is 36.8 Å². The first-order valence-electron chi connectivity index (χ1n) is 9.83. The number of benzene rings is 2. The highest BCUT2D eigenvalue weighted by atomic mass is 16.5. The van der Waals surface area contributed by atoms with Crippen molar-refractivity contribution < 1.29 is 14.3 Å². The summed E-state index contributed by atoms with van der Waals surface area (Å²) < 4.78 is 7.18. The summed E-state index contributed by atoms with van der Waals surface area (Å²) in [5.41, 5.74) is 8.01. The fourth-order valence-electron chi connectivity index (χ4n) is 4.10. The van der Waals surface area contributed by atoms with Crippen LogP contribution in [0.2, 0.25) is 0 Å². The Morgan fingerprint density at radius 2 is 1.90 bits per heavy atom. The smallest absolute Gasteiger partial charge is 0.271 e. The first-order chi connectivity index (χ1) is 14.6. The molecule has 8 nitrogen and oxygen atoms in total. The maximum Gasteiger partial charge on any atom is 0.271 e. The molecular formula is C22H21N5O3. The molecule has 0 radical (unpaired) electrons. The number of morpholine rings is 1. The molecule has 2 amide bonds. The predicted molar refractivity (Wildman–Crippen MR) is 112 cm³/mol. The quantitative estimate of drug-likeness (QED) is 0.680. The van der Waals surface area contributed by atoms with Crippen LogP contribution in [-0.2, 0) is 4.74 Å². The van der Waals surface area contributed by atoms with Crippen LogP contribution in [-0.4, -0.2) is 46.9 Å². The molecule has 30 heavy (non-hydrogen) atoms. The van der Waals surface area contributed by atoms with E-state index in [4.69, 9.17) is 10.5 Å². The number of nitrogens with two attached hydrogens (primary N) is 1. The SMILES string of the molecule is NC(=O)c1nn(-c2ccccc2)cc1NC(=O)c1cccc(N2CC3CC2CO3)c1. The predicted octanol–water partition coefficient (Wildman–Crippen LogP) is 2.20. The monoisotopic (exact) mass is 403 g/mol. The summed E-state index contributed by atoms with van der Waals surface area (Å²) in [6.45, 7) is 1.56. The van der Waals surface area contributed by atoms with Crippen LogP contribution in [0.15, 0.2) is 60.8 Å². The topological polar surface area (TPSA) is 102 Å². The van der Waals surface area contributed by atoms with Crippen molar-refractivity contribution in [3.05, 3.63) is 72.1 Å². The van der Waals surface area contributed by atoms with Gasteiger partial charge in [0.25, 0.3) is 11.8 Å². The van der Waals surface area contributed by atoms with Crippen LogP contribution < -0.4 is 16.0 Å². The van der Waals surface area contributed by atoms with Crippen LogP contribution in [0.5, 0.6) is 0 Å². The van der Waals surface area contributed by atoms with Crippen molar-refractivity contribution in [3.63, 3.8) is 0 Å². The second-order valence-corrected chi connectivity index (χ2v) is 7.54. The Morgan fingerprint density at radius 3 is 2.60 bits per heavy atom. The van der Waals surface area contributed by atoms with Gasteiger partial charge < -0.3 is 20.7 Å². The molecule has 3 aromatic rings. The minimum absolute atomic E-state index is 0.0114. The molecule has 3 heterocycles. The Bertz CT molecular complexity index is 1110. The number of carbonyl (C=O) groups is 2. The van der Waals surface area contributed by atoms with Crippen molar-refractivity contribution in [3.8, 4) is 5.69 Å². The lowest BCUT2D eigenvalue weighted by atomic mass is 10.1. The van der Waals surface area contributed by atoms with E-state index in [-0.39, 0.29) is 23.4 Å². The Hall–Kier alpha value is -3.65. The number of nitrogens with one attached hydrogen (secondary N) is 1. The number of primary amides is 1. The summed E-state index contributed by atoms with van der Waals surface area (Å²) >= 11 is 0. The van der Waals surface area contributed by atoms with Crippen LogP contribution in [0.4, 0.5) is 11.4 Å². The first kappa shape index (κ1) is 18.4. The van der Waals surface area contributed by atoms with Gasteiger partial charge in [0.2, 0.25) is 0 Å². The summed E-state index contributed by atoms with van der Waals surface area (Å²) in [6.07, 6.45) is 2.89. The lowest BCUT2D eigenvalue weighted by Crippen LogP contribution is -2.37. The molecule has 2 saturated heterocycles. The van der Waals surface area contributed by atoms with E-state index in [0.29, 0.717) is 11.6 Å². The molecule has 152 valence electrons. The second-order valence-electron chi connectivity index (χ2n) is 7.54. The van der Waals surface area contributed by atoms with Crippen LogP contribution in [0.1, 0.15) is 27.3 Å². The summed E-state index contributed by atoms with van der Waals surface area (Å²) in [4.78, 5) is 27.1. The van der Waals surface area contributed by atoms with E-state index >= 15 is 0 Å². The number of para-hydroxylation sites is 1. The number of ether oxygens (including phenoxy) is 1. The number of nitrogens with zero attached hydrogens (tertiary/aromatic N) is 3.